The van der Waals surface area contributed by atoms with Gasteiger partial charge in [-0.1, -0.05) is 39.0 Å². The van der Waals surface area contributed by atoms with Crippen LogP contribution in [0.1, 0.15) is 72.1 Å². The molecule has 1 fully saturated rings. The maximum atomic E-state index is 6.14. The lowest BCUT2D eigenvalue weighted by atomic mass is 9.79. The fourth-order valence-corrected chi connectivity index (χ4v) is 3.39. The fraction of sp³-hybridized carbons (Fsp3) is 1.00. The maximum Gasteiger partial charge on any atom is 0.0334 e. The van der Waals surface area contributed by atoms with Gasteiger partial charge in [0.15, 0.2) is 0 Å². The van der Waals surface area contributed by atoms with Gasteiger partial charge >= 0.3 is 0 Å². The third-order valence-electron chi connectivity index (χ3n) is 4.40. The van der Waals surface area contributed by atoms with Crippen LogP contribution in [0.5, 0.6) is 0 Å². The smallest absolute Gasteiger partial charge is 0.0334 e. The summed E-state index contributed by atoms with van der Waals surface area (Å²) in [6.45, 7) is 9.02. The average molecular weight is 240 g/mol. The summed E-state index contributed by atoms with van der Waals surface area (Å²) < 4.78 is 0. The van der Waals surface area contributed by atoms with E-state index in [0.717, 1.165) is 6.54 Å². The monoisotopic (exact) mass is 240 g/mol. The average Bonchev–Trinajstić information content (AvgIpc) is 2.35. The SMILES string of the molecule is CCCCCN(C(C)C)C1(CN)CCCCC1. The van der Waals surface area contributed by atoms with Crippen molar-refractivity contribution in [3.8, 4) is 0 Å². The zero-order valence-electron chi connectivity index (χ0n) is 12.2. The molecule has 1 aliphatic rings. The molecule has 17 heavy (non-hydrogen) atoms. The van der Waals surface area contributed by atoms with E-state index < -0.39 is 0 Å². The molecule has 0 spiro atoms. The van der Waals surface area contributed by atoms with Crippen LogP contribution in [0.25, 0.3) is 0 Å². The summed E-state index contributed by atoms with van der Waals surface area (Å²) in [6, 6.07) is 0.633. The lowest BCUT2D eigenvalue weighted by molar-refractivity contribution is 0.0285. The highest BCUT2D eigenvalue weighted by Gasteiger charge is 2.37. The second-order valence-electron chi connectivity index (χ2n) is 5.98. The van der Waals surface area contributed by atoms with Gasteiger partial charge in [0.1, 0.15) is 0 Å². The van der Waals surface area contributed by atoms with Gasteiger partial charge < -0.3 is 5.73 Å². The number of nitrogens with two attached hydrogens (primary N) is 1. The highest BCUT2D eigenvalue weighted by atomic mass is 15.2. The number of hydrogen-bond acceptors (Lipinski definition) is 2. The van der Waals surface area contributed by atoms with Crippen LogP contribution in [0.2, 0.25) is 0 Å². The van der Waals surface area contributed by atoms with Crippen molar-refractivity contribution in [2.24, 2.45) is 5.73 Å². The Bertz CT molecular complexity index is 195. The normalized spacial score (nSPS) is 20.1. The van der Waals surface area contributed by atoms with Gasteiger partial charge in [0.05, 0.1) is 0 Å². The summed E-state index contributed by atoms with van der Waals surface area (Å²) in [5.74, 6) is 0. The van der Waals surface area contributed by atoms with Crippen LogP contribution in [0.3, 0.4) is 0 Å². The first kappa shape index (κ1) is 15.0. The summed E-state index contributed by atoms with van der Waals surface area (Å²) in [7, 11) is 0. The van der Waals surface area contributed by atoms with Crippen molar-refractivity contribution in [3.63, 3.8) is 0 Å². The van der Waals surface area contributed by atoms with Crippen molar-refractivity contribution in [1.29, 1.82) is 0 Å². The molecule has 0 saturated heterocycles. The van der Waals surface area contributed by atoms with Gasteiger partial charge in [-0.25, -0.2) is 0 Å². The lowest BCUT2D eigenvalue weighted by Crippen LogP contribution is -2.57. The summed E-state index contributed by atoms with van der Waals surface area (Å²) in [6.07, 6.45) is 10.8. The number of hydrogen-bond donors (Lipinski definition) is 1. The minimum atomic E-state index is 0.320. The molecular weight excluding hydrogens is 208 g/mol. The molecule has 0 aliphatic heterocycles. The van der Waals surface area contributed by atoms with Gasteiger partial charge in [0.25, 0.3) is 0 Å². The molecule has 0 amide bonds. The fourth-order valence-electron chi connectivity index (χ4n) is 3.39. The molecule has 0 aromatic heterocycles. The van der Waals surface area contributed by atoms with Crippen LogP contribution in [0.4, 0.5) is 0 Å². The van der Waals surface area contributed by atoms with Crippen LogP contribution in [0.15, 0.2) is 0 Å². The van der Waals surface area contributed by atoms with Crippen LogP contribution in [-0.2, 0) is 0 Å². The van der Waals surface area contributed by atoms with Gasteiger partial charge in [-0.3, -0.25) is 4.90 Å². The summed E-state index contributed by atoms with van der Waals surface area (Å²) in [5.41, 5.74) is 6.46. The van der Waals surface area contributed by atoms with E-state index in [1.165, 1.54) is 57.9 Å². The largest absolute Gasteiger partial charge is 0.329 e. The molecule has 0 atom stereocenters. The van der Waals surface area contributed by atoms with Crippen molar-refractivity contribution in [2.75, 3.05) is 13.1 Å². The quantitative estimate of drug-likeness (QED) is 0.690. The molecule has 2 nitrogen and oxygen atoms in total. The molecule has 0 aromatic carbocycles. The first-order valence-corrected chi connectivity index (χ1v) is 7.63. The first-order chi connectivity index (χ1) is 8.16. The Morgan fingerprint density at radius 1 is 1.12 bits per heavy atom. The molecule has 1 saturated carbocycles. The minimum Gasteiger partial charge on any atom is -0.329 e. The Balaban J connectivity index is 2.64. The third-order valence-corrected chi connectivity index (χ3v) is 4.40. The Kier molecular flexibility index (Phi) is 6.50. The van der Waals surface area contributed by atoms with E-state index in [9.17, 15) is 0 Å². The van der Waals surface area contributed by atoms with Gasteiger partial charge in [0, 0.05) is 18.1 Å². The molecule has 0 unspecified atom stereocenters. The number of unbranched alkanes of at least 4 members (excludes halogenated alkanes) is 2. The van der Waals surface area contributed by atoms with Crippen molar-refractivity contribution < 1.29 is 0 Å². The summed E-state index contributed by atoms with van der Waals surface area (Å²) in [4.78, 5) is 2.71. The van der Waals surface area contributed by atoms with Crippen molar-refractivity contribution >= 4 is 0 Å². The van der Waals surface area contributed by atoms with Crippen molar-refractivity contribution in [1.82, 2.24) is 4.90 Å². The molecular formula is C15H32N2. The molecule has 2 heteroatoms. The molecule has 1 aliphatic carbocycles. The Labute approximate surface area is 108 Å². The third kappa shape index (κ3) is 3.96. The Morgan fingerprint density at radius 2 is 1.76 bits per heavy atom. The molecule has 0 radical (unpaired) electrons. The van der Waals surface area contributed by atoms with E-state index in [4.69, 9.17) is 5.73 Å². The van der Waals surface area contributed by atoms with Crippen LogP contribution in [0, 0.1) is 0 Å². The molecule has 0 heterocycles. The molecule has 0 bridgehead atoms. The molecule has 102 valence electrons. The number of rotatable bonds is 7. The topological polar surface area (TPSA) is 29.3 Å². The minimum absolute atomic E-state index is 0.320. The van der Waals surface area contributed by atoms with Gasteiger partial charge in [-0.15, -0.1) is 0 Å². The molecule has 1 rings (SSSR count). The maximum absolute atomic E-state index is 6.14. The van der Waals surface area contributed by atoms with Gasteiger partial charge in [-0.2, -0.15) is 0 Å². The zero-order valence-corrected chi connectivity index (χ0v) is 12.2. The van der Waals surface area contributed by atoms with E-state index in [2.05, 4.69) is 25.7 Å². The lowest BCUT2D eigenvalue weighted by Gasteiger charge is -2.48. The van der Waals surface area contributed by atoms with Crippen LogP contribution in [-0.4, -0.2) is 29.6 Å². The molecule has 2 N–H and O–H groups in total. The highest BCUT2D eigenvalue weighted by molar-refractivity contribution is 4.95. The predicted octanol–water partition coefficient (Wildman–Crippen LogP) is 3.55. The van der Waals surface area contributed by atoms with E-state index >= 15 is 0 Å². The van der Waals surface area contributed by atoms with Gasteiger partial charge in [-0.05, 0) is 39.7 Å². The van der Waals surface area contributed by atoms with Gasteiger partial charge in [0.2, 0.25) is 0 Å². The van der Waals surface area contributed by atoms with E-state index in [0.29, 0.717) is 11.6 Å². The Hall–Kier alpha value is -0.0800. The highest BCUT2D eigenvalue weighted by Crippen LogP contribution is 2.34. The number of nitrogens with zero attached hydrogens (tertiary/aromatic N) is 1. The van der Waals surface area contributed by atoms with E-state index in [-0.39, 0.29) is 0 Å². The second kappa shape index (κ2) is 7.38. The van der Waals surface area contributed by atoms with Crippen LogP contribution < -0.4 is 5.73 Å². The molecule has 0 aromatic rings. The van der Waals surface area contributed by atoms with Crippen molar-refractivity contribution in [2.45, 2.75) is 83.7 Å². The second-order valence-corrected chi connectivity index (χ2v) is 5.98. The predicted molar refractivity (Wildman–Crippen MR) is 76.2 cm³/mol. The van der Waals surface area contributed by atoms with Crippen molar-refractivity contribution in [3.05, 3.63) is 0 Å². The summed E-state index contributed by atoms with van der Waals surface area (Å²) >= 11 is 0. The Morgan fingerprint density at radius 3 is 2.24 bits per heavy atom. The first-order valence-electron chi connectivity index (χ1n) is 7.63. The summed E-state index contributed by atoms with van der Waals surface area (Å²) in [5, 5.41) is 0. The van der Waals surface area contributed by atoms with E-state index in [1.54, 1.807) is 0 Å². The standard InChI is InChI=1S/C15H32N2/c1-4-5-9-12-17(14(2)3)15(13-16)10-7-6-8-11-15/h14H,4-13,16H2,1-3H3. The van der Waals surface area contributed by atoms with E-state index in [1.807, 2.05) is 0 Å². The van der Waals surface area contributed by atoms with Crippen LogP contribution >= 0.6 is 0 Å². The zero-order chi connectivity index (χ0) is 12.7.